The molecule has 0 saturated heterocycles. The molecule has 0 radical (unpaired) electrons. The Labute approximate surface area is 129 Å². The molecule has 3 unspecified atom stereocenters. The van der Waals surface area contributed by atoms with Gasteiger partial charge in [-0.25, -0.2) is 0 Å². The average molecular weight is 287 g/mol. The third-order valence-corrected chi connectivity index (χ3v) is 4.31. The van der Waals surface area contributed by atoms with E-state index in [0.717, 1.165) is 25.5 Å². The van der Waals surface area contributed by atoms with Crippen LogP contribution in [-0.2, 0) is 4.74 Å². The van der Waals surface area contributed by atoms with Gasteiger partial charge in [0.1, 0.15) is 0 Å². The highest BCUT2D eigenvalue weighted by atomic mass is 16.5. The second-order valence-corrected chi connectivity index (χ2v) is 6.48. The average Bonchev–Trinajstić information content (AvgIpc) is 2.49. The molecule has 3 atom stereocenters. The second kappa shape index (κ2) is 8.35. The Morgan fingerprint density at radius 3 is 2.52 bits per heavy atom. The van der Waals surface area contributed by atoms with Gasteiger partial charge in [0.25, 0.3) is 0 Å². The van der Waals surface area contributed by atoms with Gasteiger partial charge < -0.3 is 10.1 Å². The van der Waals surface area contributed by atoms with Crippen LogP contribution in [0.1, 0.15) is 45.3 Å². The van der Waals surface area contributed by atoms with Crippen molar-refractivity contribution in [2.24, 2.45) is 11.8 Å². The molecule has 1 aromatic carbocycles. The summed E-state index contributed by atoms with van der Waals surface area (Å²) in [5.74, 6) is 1.38. The van der Waals surface area contributed by atoms with Crippen LogP contribution < -0.4 is 5.32 Å². The van der Waals surface area contributed by atoms with E-state index >= 15 is 0 Å². The van der Waals surface area contributed by atoms with Crippen LogP contribution in [-0.4, -0.2) is 19.2 Å². The first-order valence-corrected chi connectivity index (χ1v) is 8.21. The van der Waals surface area contributed by atoms with Crippen LogP contribution in [0.4, 0.5) is 0 Å². The number of allylic oxidation sites excluding steroid dienone is 2. The lowest BCUT2D eigenvalue weighted by atomic mass is 9.85. The van der Waals surface area contributed by atoms with Crippen molar-refractivity contribution in [3.63, 3.8) is 0 Å². The molecule has 1 N–H and O–H groups in total. The topological polar surface area (TPSA) is 21.3 Å². The van der Waals surface area contributed by atoms with Crippen molar-refractivity contribution < 1.29 is 4.74 Å². The maximum atomic E-state index is 6.29. The van der Waals surface area contributed by atoms with Gasteiger partial charge in [0, 0.05) is 12.6 Å². The van der Waals surface area contributed by atoms with Gasteiger partial charge in [0.05, 0.1) is 12.7 Å². The standard InChI is InChI=1S/C19H29NO/c1-15(2)20-13-19(17-10-5-4-6-11-17)21-14-18-12-8-7-9-16(18)3/h4-8,10-11,15-16,18-20H,9,12-14H2,1-3H3. The van der Waals surface area contributed by atoms with Gasteiger partial charge in [-0.1, -0.05) is 63.3 Å². The SMILES string of the molecule is CC(C)NCC(OCC1CC=CCC1C)c1ccccc1. The Hall–Kier alpha value is -1.12. The van der Waals surface area contributed by atoms with E-state index in [4.69, 9.17) is 4.74 Å². The van der Waals surface area contributed by atoms with Crippen LogP contribution in [0.25, 0.3) is 0 Å². The summed E-state index contributed by atoms with van der Waals surface area (Å²) in [7, 11) is 0. The van der Waals surface area contributed by atoms with Crippen molar-refractivity contribution in [3.05, 3.63) is 48.0 Å². The molecular formula is C19H29NO. The molecule has 2 nitrogen and oxygen atoms in total. The molecule has 0 heterocycles. The third-order valence-electron chi connectivity index (χ3n) is 4.31. The molecule has 0 aliphatic heterocycles. The largest absolute Gasteiger partial charge is 0.372 e. The van der Waals surface area contributed by atoms with E-state index in [1.807, 2.05) is 0 Å². The number of rotatable bonds is 7. The summed E-state index contributed by atoms with van der Waals surface area (Å²) in [4.78, 5) is 0. The van der Waals surface area contributed by atoms with E-state index in [1.165, 1.54) is 12.0 Å². The third kappa shape index (κ3) is 5.29. The Kier molecular flexibility index (Phi) is 6.47. The van der Waals surface area contributed by atoms with Crippen molar-refractivity contribution in [1.29, 1.82) is 0 Å². The molecular weight excluding hydrogens is 258 g/mol. The summed E-state index contributed by atoms with van der Waals surface area (Å²) in [5.41, 5.74) is 1.27. The van der Waals surface area contributed by atoms with E-state index in [-0.39, 0.29) is 6.10 Å². The fourth-order valence-corrected chi connectivity index (χ4v) is 2.76. The Balaban J connectivity index is 1.94. The minimum Gasteiger partial charge on any atom is -0.372 e. The molecule has 1 aliphatic carbocycles. The predicted octanol–water partition coefficient (Wildman–Crippen LogP) is 4.34. The highest BCUT2D eigenvalue weighted by Crippen LogP contribution is 2.27. The van der Waals surface area contributed by atoms with Gasteiger partial charge in [-0.15, -0.1) is 0 Å². The quantitative estimate of drug-likeness (QED) is 0.753. The molecule has 116 valence electrons. The first-order valence-electron chi connectivity index (χ1n) is 8.21. The van der Waals surface area contributed by atoms with Crippen LogP contribution in [0.5, 0.6) is 0 Å². The zero-order valence-electron chi connectivity index (χ0n) is 13.6. The zero-order chi connectivity index (χ0) is 15.1. The molecule has 0 saturated carbocycles. The van der Waals surface area contributed by atoms with Crippen molar-refractivity contribution in [3.8, 4) is 0 Å². The molecule has 2 heteroatoms. The Morgan fingerprint density at radius 2 is 1.86 bits per heavy atom. The Morgan fingerprint density at radius 1 is 1.14 bits per heavy atom. The van der Waals surface area contributed by atoms with Crippen molar-refractivity contribution in [2.45, 2.75) is 45.8 Å². The second-order valence-electron chi connectivity index (χ2n) is 6.48. The van der Waals surface area contributed by atoms with Gasteiger partial charge in [-0.2, -0.15) is 0 Å². The zero-order valence-corrected chi connectivity index (χ0v) is 13.6. The number of hydrogen-bond donors (Lipinski definition) is 1. The van der Waals surface area contributed by atoms with Crippen LogP contribution in [0, 0.1) is 11.8 Å². The minimum atomic E-state index is 0.145. The predicted molar refractivity (Wildman–Crippen MR) is 89.3 cm³/mol. The number of hydrogen-bond acceptors (Lipinski definition) is 2. The first-order chi connectivity index (χ1) is 10.2. The highest BCUT2D eigenvalue weighted by Gasteiger charge is 2.21. The molecule has 0 bridgehead atoms. The van der Waals surface area contributed by atoms with Gasteiger partial charge in [0.2, 0.25) is 0 Å². The van der Waals surface area contributed by atoms with Gasteiger partial charge >= 0.3 is 0 Å². The van der Waals surface area contributed by atoms with Crippen LogP contribution in [0.2, 0.25) is 0 Å². The fraction of sp³-hybridized carbons (Fsp3) is 0.579. The maximum absolute atomic E-state index is 6.29. The molecule has 21 heavy (non-hydrogen) atoms. The first kappa shape index (κ1) is 16.3. The minimum absolute atomic E-state index is 0.145. The van der Waals surface area contributed by atoms with E-state index in [1.54, 1.807) is 0 Å². The molecule has 2 rings (SSSR count). The van der Waals surface area contributed by atoms with Crippen LogP contribution in [0.15, 0.2) is 42.5 Å². The summed E-state index contributed by atoms with van der Waals surface area (Å²) < 4.78 is 6.29. The van der Waals surface area contributed by atoms with Crippen LogP contribution >= 0.6 is 0 Å². The summed E-state index contributed by atoms with van der Waals surface area (Å²) in [6.45, 7) is 8.41. The van der Waals surface area contributed by atoms with E-state index in [9.17, 15) is 0 Å². The summed E-state index contributed by atoms with van der Waals surface area (Å²) in [6.07, 6.45) is 7.09. The van der Waals surface area contributed by atoms with E-state index < -0.39 is 0 Å². The fourth-order valence-electron chi connectivity index (χ4n) is 2.76. The molecule has 0 aromatic heterocycles. The van der Waals surface area contributed by atoms with Gasteiger partial charge in [-0.05, 0) is 30.2 Å². The monoisotopic (exact) mass is 287 g/mol. The number of nitrogens with one attached hydrogen (secondary N) is 1. The summed E-state index contributed by atoms with van der Waals surface area (Å²) in [5, 5.41) is 3.50. The van der Waals surface area contributed by atoms with Gasteiger partial charge in [-0.3, -0.25) is 0 Å². The smallest absolute Gasteiger partial charge is 0.0949 e. The summed E-state index contributed by atoms with van der Waals surface area (Å²) in [6, 6.07) is 11.1. The maximum Gasteiger partial charge on any atom is 0.0949 e. The van der Waals surface area contributed by atoms with Crippen molar-refractivity contribution >= 4 is 0 Å². The van der Waals surface area contributed by atoms with Crippen molar-refractivity contribution in [2.75, 3.05) is 13.2 Å². The van der Waals surface area contributed by atoms with Gasteiger partial charge in [0.15, 0.2) is 0 Å². The number of benzene rings is 1. The normalized spacial score (nSPS) is 23.4. The highest BCUT2D eigenvalue weighted by molar-refractivity contribution is 5.18. The Bertz CT molecular complexity index is 426. The van der Waals surface area contributed by atoms with E-state index in [0.29, 0.717) is 12.0 Å². The molecule has 1 aromatic rings. The number of ether oxygens (including phenoxy) is 1. The summed E-state index contributed by atoms with van der Waals surface area (Å²) >= 11 is 0. The lowest BCUT2D eigenvalue weighted by Gasteiger charge is -2.28. The van der Waals surface area contributed by atoms with Crippen LogP contribution in [0.3, 0.4) is 0 Å². The lowest BCUT2D eigenvalue weighted by Crippen LogP contribution is -2.30. The molecule has 0 fully saturated rings. The van der Waals surface area contributed by atoms with E-state index in [2.05, 4.69) is 68.6 Å². The lowest BCUT2D eigenvalue weighted by molar-refractivity contribution is 0.0148. The molecule has 0 amide bonds. The van der Waals surface area contributed by atoms with Crippen molar-refractivity contribution in [1.82, 2.24) is 5.32 Å². The molecule has 0 spiro atoms. The molecule has 1 aliphatic rings.